The maximum atomic E-state index is 12.6. The molecule has 0 unspecified atom stereocenters. The Labute approximate surface area is 187 Å². The highest BCUT2D eigenvalue weighted by Crippen LogP contribution is 2.32. The lowest BCUT2D eigenvalue weighted by atomic mass is 9.92. The Hall–Kier alpha value is -2.44. The lowest BCUT2D eigenvalue weighted by Gasteiger charge is -2.19. The number of amides is 1. The van der Waals surface area contributed by atoms with E-state index in [0.717, 1.165) is 22.4 Å². The highest BCUT2D eigenvalue weighted by Gasteiger charge is 2.21. The third kappa shape index (κ3) is 6.05. The van der Waals surface area contributed by atoms with Crippen molar-refractivity contribution in [1.82, 2.24) is 4.31 Å². The lowest BCUT2D eigenvalue weighted by Crippen LogP contribution is -2.30. The molecule has 5 nitrogen and oxygen atoms in total. The average molecular weight is 443 g/mol. The fourth-order valence-corrected chi connectivity index (χ4v) is 4.95. The summed E-state index contributed by atoms with van der Waals surface area (Å²) in [7, 11) is -3.49. The van der Waals surface area contributed by atoms with Crippen molar-refractivity contribution >= 4 is 27.7 Å². The standard InChI is InChI=1S/C25H34N2O3S/c1-7-27(8-2)31(29,30)21-15-12-20(13-16-21)14-17-24(28)26-25-22(18(3)4)10-9-11-23(25)19(5)6/h9-19H,7-8H2,1-6H3,(H,26,28)/b17-14+. The van der Waals surface area contributed by atoms with Gasteiger partial charge in [0.05, 0.1) is 4.90 Å². The van der Waals surface area contributed by atoms with E-state index in [0.29, 0.717) is 24.9 Å². The Bertz CT molecular complexity index is 993. The fourth-order valence-electron chi connectivity index (χ4n) is 3.50. The number of hydrogen-bond donors (Lipinski definition) is 1. The molecule has 0 aromatic heterocycles. The van der Waals surface area contributed by atoms with Crippen molar-refractivity contribution in [2.24, 2.45) is 0 Å². The fraction of sp³-hybridized carbons (Fsp3) is 0.400. The number of nitrogens with zero attached hydrogens (tertiary/aromatic N) is 1. The molecule has 0 heterocycles. The minimum absolute atomic E-state index is 0.213. The van der Waals surface area contributed by atoms with E-state index in [-0.39, 0.29) is 10.8 Å². The number of anilines is 1. The van der Waals surface area contributed by atoms with E-state index >= 15 is 0 Å². The SMILES string of the molecule is CCN(CC)S(=O)(=O)c1ccc(/C=C/C(=O)Nc2c(C(C)C)cccc2C(C)C)cc1. The van der Waals surface area contributed by atoms with Crippen molar-refractivity contribution in [2.45, 2.75) is 58.3 Å². The van der Waals surface area contributed by atoms with Crippen molar-refractivity contribution in [3.63, 3.8) is 0 Å². The van der Waals surface area contributed by atoms with E-state index in [1.54, 1.807) is 30.3 Å². The van der Waals surface area contributed by atoms with Gasteiger partial charge in [-0.25, -0.2) is 8.42 Å². The molecule has 0 saturated carbocycles. The van der Waals surface area contributed by atoms with Crippen molar-refractivity contribution < 1.29 is 13.2 Å². The van der Waals surface area contributed by atoms with E-state index in [1.807, 2.05) is 32.0 Å². The highest BCUT2D eigenvalue weighted by molar-refractivity contribution is 7.89. The van der Waals surface area contributed by atoms with Gasteiger partial charge in [0, 0.05) is 24.9 Å². The van der Waals surface area contributed by atoms with Gasteiger partial charge in [-0.3, -0.25) is 4.79 Å². The minimum atomic E-state index is -3.49. The molecule has 0 atom stereocenters. The van der Waals surface area contributed by atoms with Crippen molar-refractivity contribution in [2.75, 3.05) is 18.4 Å². The third-order valence-corrected chi connectivity index (χ3v) is 7.34. The van der Waals surface area contributed by atoms with E-state index in [9.17, 15) is 13.2 Å². The Balaban J connectivity index is 2.20. The number of hydrogen-bond acceptors (Lipinski definition) is 3. The van der Waals surface area contributed by atoms with Gasteiger partial charge in [-0.05, 0) is 46.7 Å². The molecule has 0 radical (unpaired) electrons. The zero-order valence-electron chi connectivity index (χ0n) is 19.3. The largest absolute Gasteiger partial charge is 0.322 e. The van der Waals surface area contributed by atoms with E-state index in [1.165, 1.54) is 10.4 Å². The predicted octanol–water partition coefficient (Wildman–Crippen LogP) is 5.62. The van der Waals surface area contributed by atoms with Crippen molar-refractivity contribution in [1.29, 1.82) is 0 Å². The molecule has 168 valence electrons. The molecule has 0 saturated heterocycles. The molecule has 1 N–H and O–H groups in total. The maximum absolute atomic E-state index is 12.6. The first-order chi connectivity index (χ1) is 14.6. The number of nitrogens with one attached hydrogen (secondary N) is 1. The van der Waals surface area contributed by atoms with Crippen LogP contribution in [-0.4, -0.2) is 31.7 Å². The number of rotatable bonds is 9. The second-order valence-electron chi connectivity index (χ2n) is 8.10. The number of benzene rings is 2. The van der Waals surface area contributed by atoms with Gasteiger partial charge in [-0.2, -0.15) is 4.31 Å². The number of sulfonamides is 1. The van der Waals surface area contributed by atoms with Crippen LogP contribution < -0.4 is 5.32 Å². The van der Waals surface area contributed by atoms with E-state index in [4.69, 9.17) is 0 Å². The van der Waals surface area contributed by atoms with E-state index in [2.05, 4.69) is 33.0 Å². The molecule has 2 aromatic rings. The molecular formula is C25H34N2O3S. The van der Waals surface area contributed by atoms with Crippen LogP contribution in [-0.2, 0) is 14.8 Å². The topological polar surface area (TPSA) is 66.5 Å². The monoisotopic (exact) mass is 442 g/mol. The van der Waals surface area contributed by atoms with Gasteiger partial charge in [0.15, 0.2) is 0 Å². The molecule has 0 aliphatic heterocycles. The number of carbonyl (C=O) groups excluding carboxylic acids is 1. The molecule has 1 amide bonds. The zero-order chi connectivity index (χ0) is 23.2. The van der Waals surface area contributed by atoms with Crippen LogP contribution in [0, 0.1) is 0 Å². The van der Waals surface area contributed by atoms with E-state index < -0.39 is 10.0 Å². The summed E-state index contributed by atoms with van der Waals surface area (Å²) in [5, 5.41) is 3.05. The smallest absolute Gasteiger partial charge is 0.248 e. The summed E-state index contributed by atoms with van der Waals surface area (Å²) in [6, 6.07) is 12.7. The summed E-state index contributed by atoms with van der Waals surface area (Å²) in [5.41, 5.74) is 3.86. The van der Waals surface area contributed by atoms with Crippen LogP contribution in [0.2, 0.25) is 0 Å². The van der Waals surface area contributed by atoms with Crippen LogP contribution in [0.25, 0.3) is 6.08 Å². The molecule has 0 bridgehead atoms. The van der Waals surface area contributed by atoms with Crippen LogP contribution in [0.15, 0.2) is 53.4 Å². The Kier molecular flexibility index (Phi) is 8.60. The lowest BCUT2D eigenvalue weighted by molar-refractivity contribution is -0.111. The predicted molar refractivity (Wildman–Crippen MR) is 129 cm³/mol. The summed E-state index contributed by atoms with van der Waals surface area (Å²) in [4.78, 5) is 12.9. The Morgan fingerprint density at radius 3 is 1.90 bits per heavy atom. The Morgan fingerprint density at radius 2 is 1.45 bits per heavy atom. The van der Waals surface area contributed by atoms with Crippen LogP contribution in [0.4, 0.5) is 5.69 Å². The molecule has 31 heavy (non-hydrogen) atoms. The third-order valence-electron chi connectivity index (χ3n) is 5.27. The molecule has 6 heteroatoms. The Morgan fingerprint density at radius 1 is 0.935 bits per heavy atom. The summed E-state index contributed by atoms with van der Waals surface area (Å²) >= 11 is 0. The first-order valence-electron chi connectivity index (χ1n) is 10.8. The maximum Gasteiger partial charge on any atom is 0.248 e. The molecule has 2 aromatic carbocycles. The van der Waals surface area contributed by atoms with Crippen LogP contribution >= 0.6 is 0 Å². The second kappa shape index (κ2) is 10.7. The molecule has 0 fully saturated rings. The average Bonchev–Trinajstić information content (AvgIpc) is 2.73. The van der Waals surface area contributed by atoms with Crippen LogP contribution in [0.5, 0.6) is 0 Å². The molecule has 0 spiro atoms. The minimum Gasteiger partial charge on any atom is -0.322 e. The quantitative estimate of drug-likeness (QED) is 0.513. The van der Waals surface area contributed by atoms with Gasteiger partial charge < -0.3 is 5.32 Å². The van der Waals surface area contributed by atoms with Crippen LogP contribution in [0.1, 0.15) is 70.1 Å². The van der Waals surface area contributed by atoms with Gasteiger partial charge in [0.2, 0.25) is 15.9 Å². The van der Waals surface area contributed by atoms with Gasteiger partial charge in [-0.1, -0.05) is 71.9 Å². The van der Waals surface area contributed by atoms with Crippen molar-refractivity contribution in [3.8, 4) is 0 Å². The molecule has 2 rings (SSSR count). The second-order valence-corrected chi connectivity index (χ2v) is 10.0. The first kappa shape index (κ1) is 24.8. The van der Waals surface area contributed by atoms with Crippen LogP contribution in [0.3, 0.4) is 0 Å². The van der Waals surface area contributed by atoms with Gasteiger partial charge >= 0.3 is 0 Å². The number of para-hydroxylation sites is 1. The van der Waals surface area contributed by atoms with Gasteiger partial charge in [0.1, 0.15) is 0 Å². The van der Waals surface area contributed by atoms with Gasteiger partial charge in [-0.15, -0.1) is 0 Å². The summed E-state index contributed by atoms with van der Waals surface area (Å²) in [6.45, 7) is 12.9. The summed E-state index contributed by atoms with van der Waals surface area (Å²) in [6.07, 6.45) is 3.17. The normalized spacial score (nSPS) is 12.3. The molecule has 0 aliphatic rings. The zero-order valence-corrected chi connectivity index (χ0v) is 20.2. The van der Waals surface area contributed by atoms with Crippen molar-refractivity contribution in [3.05, 3.63) is 65.2 Å². The van der Waals surface area contributed by atoms with Gasteiger partial charge in [0.25, 0.3) is 0 Å². The number of carbonyl (C=O) groups is 1. The summed E-state index contributed by atoms with van der Waals surface area (Å²) in [5.74, 6) is 0.367. The molecular weight excluding hydrogens is 408 g/mol. The molecule has 0 aliphatic carbocycles. The first-order valence-corrected chi connectivity index (χ1v) is 12.3. The highest BCUT2D eigenvalue weighted by atomic mass is 32.2. The summed E-state index contributed by atoms with van der Waals surface area (Å²) < 4.78 is 26.6.